The van der Waals surface area contributed by atoms with Crippen LogP contribution in [0.1, 0.15) is 17.4 Å². The van der Waals surface area contributed by atoms with Gasteiger partial charge in [0.05, 0.1) is 18.9 Å². The van der Waals surface area contributed by atoms with E-state index in [1.807, 2.05) is 0 Å². The van der Waals surface area contributed by atoms with Crippen LogP contribution in [0.3, 0.4) is 0 Å². The summed E-state index contributed by atoms with van der Waals surface area (Å²) in [4.78, 5) is 24.3. The molecule has 1 aromatic carbocycles. The second kappa shape index (κ2) is 7.95. The average Bonchev–Trinajstić information content (AvgIpc) is 3.26. The number of aryl methyl sites for hydroxylation is 1. The highest BCUT2D eigenvalue weighted by Crippen LogP contribution is 2.32. The number of amides is 1. The minimum absolute atomic E-state index is 0.230. The molecule has 2 heterocycles. The molecule has 13 heteroatoms. The predicted molar refractivity (Wildman–Crippen MR) is 102 cm³/mol. The molecule has 1 aliphatic heterocycles. The molecule has 28 heavy (non-hydrogen) atoms. The summed E-state index contributed by atoms with van der Waals surface area (Å²) < 4.78 is 41.6. The lowest BCUT2D eigenvalue weighted by atomic mass is 10.1. The van der Waals surface area contributed by atoms with Crippen molar-refractivity contribution in [3.05, 3.63) is 39.8 Å². The molecule has 0 radical (unpaired) electrons. The SMILES string of the molecule is CSc1nn(C(=O)NS(=O)(=O)Nc2c(C)cccc2C2OCCO2)c(=O)n1C. The van der Waals surface area contributed by atoms with Gasteiger partial charge in [-0.3, -0.25) is 9.29 Å². The summed E-state index contributed by atoms with van der Waals surface area (Å²) in [5.74, 6) is 0. The summed E-state index contributed by atoms with van der Waals surface area (Å²) in [6.07, 6.45) is 0.964. The Bertz CT molecular complexity index is 1060. The maximum atomic E-state index is 12.5. The van der Waals surface area contributed by atoms with Crippen molar-refractivity contribution in [2.45, 2.75) is 18.4 Å². The fourth-order valence-corrected chi connectivity index (χ4v) is 4.04. The van der Waals surface area contributed by atoms with E-state index in [1.54, 1.807) is 36.1 Å². The van der Waals surface area contributed by atoms with E-state index < -0.39 is 28.2 Å². The van der Waals surface area contributed by atoms with E-state index >= 15 is 0 Å². The Kier molecular flexibility index (Phi) is 5.79. The van der Waals surface area contributed by atoms with Crippen LogP contribution in [0.5, 0.6) is 0 Å². The van der Waals surface area contributed by atoms with Gasteiger partial charge in [-0.2, -0.15) is 8.42 Å². The summed E-state index contributed by atoms with van der Waals surface area (Å²) in [5.41, 5.74) is 0.554. The number of thioether (sulfide) groups is 1. The third-order valence-corrected chi connectivity index (χ3v) is 5.59. The van der Waals surface area contributed by atoms with Gasteiger partial charge in [0.1, 0.15) is 0 Å². The lowest BCUT2D eigenvalue weighted by Gasteiger charge is -2.18. The summed E-state index contributed by atoms with van der Waals surface area (Å²) >= 11 is 1.14. The number of rotatable bonds is 5. The highest BCUT2D eigenvalue weighted by atomic mass is 32.2. The molecule has 0 atom stereocenters. The van der Waals surface area contributed by atoms with Gasteiger partial charge in [-0.1, -0.05) is 30.0 Å². The Morgan fingerprint density at radius 2 is 2.00 bits per heavy atom. The zero-order valence-electron chi connectivity index (χ0n) is 15.3. The summed E-state index contributed by atoms with van der Waals surface area (Å²) in [7, 11) is -2.93. The Hall–Kier alpha value is -2.35. The molecule has 0 aliphatic carbocycles. The third-order valence-electron chi connectivity index (χ3n) is 3.95. The summed E-state index contributed by atoms with van der Waals surface area (Å²) in [6.45, 7) is 2.48. The molecule has 0 bridgehead atoms. The number of ether oxygens (including phenoxy) is 2. The van der Waals surface area contributed by atoms with E-state index in [0.29, 0.717) is 29.0 Å². The Morgan fingerprint density at radius 1 is 1.32 bits per heavy atom. The monoisotopic (exact) mass is 429 g/mol. The van der Waals surface area contributed by atoms with E-state index in [-0.39, 0.29) is 10.8 Å². The Morgan fingerprint density at radius 3 is 2.61 bits per heavy atom. The van der Waals surface area contributed by atoms with Crippen molar-refractivity contribution < 1.29 is 22.7 Å². The number of carbonyl (C=O) groups excluding carboxylic acids is 1. The standard InChI is InChI=1S/C15H19N5O6S2/c1-9-5-4-6-10(12-25-7-8-26-12)11(9)17-28(23,24)18-13(21)20-15(22)19(2)14(16-20)27-3/h4-6,12,17H,7-8H2,1-3H3,(H,18,21). The maximum absolute atomic E-state index is 12.5. The van der Waals surface area contributed by atoms with Crippen LogP contribution in [-0.2, 0) is 26.7 Å². The van der Waals surface area contributed by atoms with E-state index in [1.165, 1.54) is 7.05 Å². The first-order chi connectivity index (χ1) is 13.2. The molecule has 152 valence electrons. The zero-order chi connectivity index (χ0) is 20.5. The molecular formula is C15H19N5O6S2. The van der Waals surface area contributed by atoms with Crippen molar-refractivity contribution in [1.29, 1.82) is 0 Å². The van der Waals surface area contributed by atoms with E-state index in [2.05, 4.69) is 9.82 Å². The van der Waals surface area contributed by atoms with E-state index in [9.17, 15) is 18.0 Å². The van der Waals surface area contributed by atoms with Gasteiger partial charge in [0.25, 0.3) is 0 Å². The minimum atomic E-state index is -4.36. The second-order valence-electron chi connectivity index (χ2n) is 5.87. The lowest BCUT2D eigenvalue weighted by molar-refractivity contribution is -0.0435. The molecule has 0 spiro atoms. The summed E-state index contributed by atoms with van der Waals surface area (Å²) in [5, 5.41) is 4.07. The van der Waals surface area contributed by atoms with Crippen LogP contribution in [0.15, 0.2) is 28.2 Å². The van der Waals surface area contributed by atoms with Crippen molar-refractivity contribution in [1.82, 2.24) is 19.1 Å². The predicted octanol–water partition coefficient (Wildman–Crippen LogP) is 0.572. The normalized spacial score (nSPS) is 15.0. The molecule has 0 saturated carbocycles. The lowest BCUT2D eigenvalue weighted by Crippen LogP contribution is -2.43. The maximum Gasteiger partial charge on any atom is 0.361 e. The third kappa shape index (κ3) is 4.06. The molecule has 2 N–H and O–H groups in total. The molecule has 0 unspecified atom stereocenters. The number of para-hydroxylation sites is 1. The fraction of sp³-hybridized carbons (Fsp3) is 0.400. The number of aromatic nitrogens is 3. The largest absolute Gasteiger partial charge is 0.361 e. The van der Waals surface area contributed by atoms with Gasteiger partial charge in [0.2, 0.25) is 0 Å². The van der Waals surface area contributed by atoms with Gasteiger partial charge >= 0.3 is 21.9 Å². The molecule has 1 amide bonds. The Balaban J connectivity index is 1.85. The number of nitrogens with one attached hydrogen (secondary N) is 2. The number of benzene rings is 1. The number of carbonyl (C=O) groups is 1. The molecular weight excluding hydrogens is 410 g/mol. The van der Waals surface area contributed by atoms with Crippen molar-refractivity contribution in [2.75, 3.05) is 24.2 Å². The van der Waals surface area contributed by atoms with Crippen molar-refractivity contribution >= 4 is 33.7 Å². The molecule has 2 aromatic rings. The van der Waals surface area contributed by atoms with Crippen LogP contribution >= 0.6 is 11.8 Å². The van der Waals surface area contributed by atoms with Gasteiger partial charge < -0.3 is 9.47 Å². The van der Waals surface area contributed by atoms with Crippen LogP contribution in [0.2, 0.25) is 0 Å². The van der Waals surface area contributed by atoms with Gasteiger partial charge in [0.15, 0.2) is 11.4 Å². The fourth-order valence-electron chi connectivity index (χ4n) is 2.61. The molecule has 1 aliphatic rings. The first-order valence-electron chi connectivity index (χ1n) is 8.11. The van der Waals surface area contributed by atoms with Crippen LogP contribution in [0.4, 0.5) is 10.5 Å². The molecule has 1 saturated heterocycles. The Labute approximate surface area is 165 Å². The quantitative estimate of drug-likeness (QED) is 0.659. The van der Waals surface area contributed by atoms with Gasteiger partial charge in [0, 0.05) is 12.6 Å². The van der Waals surface area contributed by atoms with Crippen LogP contribution in [0.25, 0.3) is 0 Å². The molecule has 1 fully saturated rings. The minimum Gasteiger partial charge on any atom is -0.346 e. The van der Waals surface area contributed by atoms with E-state index in [0.717, 1.165) is 16.3 Å². The highest BCUT2D eigenvalue weighted by molar-refractivity contribution is 7.98. The molecule has 11 nitrogen and oxygen atoms in total. The summed E-state index contributed by atoms with van der Waals surface area (Å²) in [6, 6.07) is 3.91. The smallest absolute Gasteiger partial charge is 0.346 e. The van der Waals surface area contributed by atoms with Gasteiger partial charge in [-0.25, -0.2) is 14.3 Å². The first-order valence-corrected chi connectivity index (χ1v) is 10.8. The number of nitrogens with zero attached hydrogens (tertiary/aromatic N) is 3. The van der Waals surface area contributed by atoms with Crippen molar-refractivity contribution in [3.8, 4) is 0 Å². The topological polar surface area (TPSA) is 134 Å². The highest BCUT2D eigenvalue weighted by Gasteiger charge is 2.26. The van der Waals surface area contributed by atoms with Crippen molar-refractivity contribution in [3.63, 3.8) is 0 Å². The second-order valence-corrected chi connectivity index (χ2v) is 8.05. The first kappa shape index (κ1) is 20.4. The average molecular weight is 429 g/mol. The van der Waals surface area contributed by atoms with Gasteiger partial charge in [-0.05, 0) is 18.7 Å². The van der Waals surface area contributed by atoms with Crippen LogP contribution in [-0.4, -0.2) is 48.3 Å². The zero-order valence-corrected chi connectivity index (χ0v) is 17.0. The van der Waals surface area contributed by atoms with Gasteiger partial charge in [-0.15, -0.1) is 9.78 Å². The number of anilines is 1. The van der Waals surface area contributed by atoms with Crippen molar-refractivity contribution in [2.24, 2.45) is 7.05 Å². The van der Waals surface area contributed by atoms with Crippen LogP contribution < -0.4 is 15.1 Å². The molecule has 1 aromatic heterocycles. The number of hydrogen-bond donors (Lipinski definition) is 2. The number of hydrogen-bond acceptors (Lipinski definition) is 8. The molecule has 3 rings (SSSR count). The van der Waals surface area contributed by atoms with Crippen LogP contribution in [0, 0.1) is 6.92 Å². The van der Waals surface area contributed by atoms with E-state index in [4.69, 9.17) is 9.47 Å².